The summed E-state index contributed by atoms with van der Waals surface area (Å²) in [6, 6.07) is -0.368. The van der Waals surface area contributed by atoms with Gasteiger partial charge in [-0.3, -0.25) is 5.32 Å². The SMILES string of the molecule is CCCC1(C(=O)O)CCCN1C(=O)Nc1nc(C)cs1. The summed E-state index contributed by atoms with van der Waals surface area (Å²) in [7, 11) is 0. The van der Waals surface area contributed by atoms with Crippen molar-refractivity contribution in [1.29, 1.82) is 0 Å². The Kier molecular flexibility index (Phi) is 4.27. The van der Waals surface area contributed by atoms with Gasteiger partial charge in [0.05, 0.1) is 5.69 Å². The molecule has 6 nitrogen and oxygen atoms in total. The number of amides is 2. The fourth-order valence-electron chi connectivity index (χ4n) is 2.75. The van der Waals surface area contributed by atoms with Gasteiger partial charge in [-0.05, 0) is 26.2 Å². The van der Waals surface area contributed by atoms with Crippen molar-refractivity contribution >= 4 is 28.5 Å². The molecule has 0 aliphatic carbocycles. The van der Waals surface area contributed by atoms with E-state index < -0.39 is 11.5 Å². The lowest BCUT2D eigenvalue weighted by Crippen LogP contribution is -2.54. The molecule has 0 spiro atoms. The predicted molar refractivity (Wildman–Crippen MR) is 77.1 cm³/mol. The van der Waals surface area contributed by atoms with Crippen LogP contribution in [0.1, 0.15) is 38.3 Å². The lowest BCUT2D eigenvalue weighted by atomic mass is 9.91. The summed E-state index contributed by atoms with van der Waals surface area (Å²) in [6.07, 6.45) is 2.44. The molecular weight excluding hydrogens is 278 g/mol. The number of aryl methyl sites for hydroxylation is 1. The quantitative estimate of drug-likeness (QED) is 0.895. The molecule has 0 radical (unpaired) electrons. The molecule has 2 N–H and O–H groups in total. The first-order valence-corrected chi connectivity index (χ1v) is 7.61. The molecule has 2 heterocycles. The molecule has 1 aromatic heterocycles. The average molecular weight is 297 g/mol. The summed E-state index contributed by atoms with van der Waals surface area (Å²) in [6.45, 7) is 4.26. The van der Waals surface area contributed by atoms with Crippen molar-refractivity contribution < 1.29 is 14.7 Å². The van der Waals surface area contributed by atoms with Crippen LogP contribution in [0.3, 0.4) is 0 Å². The number of hydrogen-bond donors (Lipinski definition) is 2. The Morgan fingerprint density at radius 2 is 2.35 bits per heavy atom. The maximum Gasteiger partial charge on any atom is 0.329 e. The van der Waals surface area contributed by atoms with Crippen molar-refractivity contribution in [2.45, 2.75) is 45.1 Å². The van der Waals surface area contributed by atoms with E-state index >= 15 is 0 Å². The second-order valence-electron chi connectivity index (χ2n) is 5.07. The Balaban J connectivity index is 2.16. The van der Waals surface area contributed by atoms with Crippen molar-refractivity contribution in [2.24, 2.45) is 0 Å². The number of hydrogen-bond acceptors (Lipinski definition) is 4. The van der Waals surface area contributed by atoms with E-state index in [0.717, 1.165) is 18.5 Å². The van der Waals surface area contributed by atoms with Crippen LogP contribution in [-0.4, -0.2) is 39.1 Å². The number of thiazole rings is 1. The van der Waals surface area contributed by atoms with Gasteiger partial charge in [0.2, 0.25) is 0 Å². The third kappa shape index (κ3) is 2.63. The third-order valence-electron chi connectivity index (χ3n) is 3.63. The molecule has 1 aliphatic heterocycles. The van der Waals surface area contributed by atoms with Gasteiger partial charge in [0.25, 0.3) is 0 Å². The molecule has 1 atom stereocenters. The van der Waals surface area contributed by atoms with E-state index in [-0.39, 0.29) is 6.03 Å². The minimum Gasteiger partial charge on any atom is -0.479 e. The first-order valence-electron chi connectivity index (χ1n) is 6.74. The number of carbonyl (C=O) groups is 2. The van der Waals surface area contributed by atoms with Gasteiger partial charge in [-0.15, -0.1) is 11.3 Å². The van der Waals surface area contributed by atoms with Crippen molar-refractivity contribution in [3.05, 3.63) is 11.1 Å². The van der Waals surface area contributed by atoms with Gasteiger partial charge in [0.1, 0.15) is 5.54 Å². The lowest BCUT2D eigenvalue weighted by Gasteiger charge is -2.34. The fraction of sp³-hybridized carbons (Fsp3) is 0.615. The summed E-state index contributed by atoms with van der Waals surface area (Å²) in [4.78, 5) is 29.6. The van der Waals surface area contributed by atoms with E-state index in [4.69, 9.17) is 0 Å². The maximum absolute atomic E-state index is 12.3. The van der Waals surface area contributed by atoms with Crippen molar-refractivity contribution in [1.82, 2.24) is 9.88 Å². The van der Waals surface area contributed by atoms with Crippen molar-refractivity contribution in [2.75, 3.05) is 11.9 Å². The lowest BCUT2D eigenvalue weighted by molar-refractivity contribution is -0.148. The van der Waals surface area contributed by atoms with Gasteiger partial charge >= 0.3 is 12.0 Å². The Hall–Kier alpha value is -1.63. The molecule has 2 rings (SSSR count). The van der Waals surface area contributed by atoms with Gasteiger partial charge in [-0.2, -0.15) is 0 Å². The van der Waals surface area contributed by atoms with Gasteiger partial charge in [-0.1, -0.05) is 13.3 Å². The molecule has 1 unspecified atom stereocenters. The standard InChI is InChI=1S/C13H19N3O3S/c1-3-5-13(10(17)18)6-4-7-16(13)12(19)15-11-14-9(2)8-20-11/h8H,3-7H2,1-2H3,(H,17,18)(H,14,15,19). The number of aliphatic carboxylic acids is 1. The molecule has 0 bridgehead atoms. The van der Waals surface area contributed by atoms with E-state index in [0.29, 0.717) is 24.5 Å². The van der Waals surface area contributed by atoms with Gasteiger partial charge in [0, 0.05) is 11.9 Å². The summed E-state index contributed by atoms with van der Waals surface area (Å²) in [5, 5.41) is 14.6. The number of carbonyl (C=O) groups excluding carboxylic acids is 1. The number of nitrogens with zero attached hydrogens (tertiary/aromatic N) is 2. The zero-order chi connectivity index (χ0) is 14.8. The minimum absolute atomic E-state index is 0.368. The van der Waals surface area contributed by atoms with Crippen LogP contribution in [0, 0.1) is 6.92 Å². The molecule has 1 aromatic rings. The van der Waals surface area contributed by atoms with Crippen LogP contribution in [0.2, 0.25) is 0 Å². The Morgan fingerprint density at radius 3 is 2.90 bits per heavy atom. The number of rotatable bonds is 4. The van der Waals surface area contributed by atoms with E-state index in [1.54, 1.807) is 0 Å². The number of urea groups is 1. The van der Waals surface area contributed by atoms with Crippen molar-refractivity contribution in [3.8, 4) is 0 Å². The second-order valence-corrected chi connectivity index (χ2v) is 5.92. The highest BCUT2D eigenvalue weighted by molar-refractivity contribution is 7.13. The second kappa shape index (κ2) is 5.78. The Bertz CT molecular complexity index is 517. The molecule has 1 saturated heterocycles. The smallest absolute Gasteiger partial charge is 0.329 e. The summed E-state index contributed by atoms with van der Waals surface area (Å²) in [5.74, 6) is -0.915. The molecule has 1 fully saturated rings. The van der Waals surface area contributed by atoms with Gasteiger partial charge < -0.3 is 10.0 Å². The van der Waals surface area contributed by atoms with Crippen LogP contribution >= 0.6 is 11.3 Å². The highest BCUT2D eigenvalue weighted by Crippen LogP contribution is 2.34. The van der Waals surface area contributed by atoms with Crippen LogP contribution in [0.25, 0.3) is 0 Å². The van der Waals surface area contributed by atoms with Crippen LogP contribution in [-0.2, 0) is 4.79 Å². The highest BCUT2D eigenvalue weighted by Gasteiger charge is 2.49. The number of aromatic nitrogens is 1. The number of likely N-dealkylation sites (tertiary alicyclic amines) is 1. The van der Waals surface area contributed by atoms with Crippen molar-refractivity contribution in [3.63, 3.8) is 0 Å². The molecule has 0 aromatic carbocycles. The number of anilines is 1. The largest absolute Gasteiger partial charge is 0.479 e. The normalized spacial score (nSPS) is 22.0. The summed E-state index contributed by atoms with van der Waals surface area (Å²) in [5.41, 5.74) is -0.227. The van der Waals surface area contributed by atoms with Crippen LogP contribution in [0.4, 0.5) is 9.93 Å². The minimum atomic E-state index is -1.06. The average Bonchev–Trinajstić information content (AvgIpc) is 2.97. The molecular formula is C13H19N3O3S. The summed E-state index contributed by atoms with van der Waals surface area (Å²) < 4.78 is 0. The van der Waals surface area contributed by atoms with Crippen LogP contribution < -0.4 is 5.32 Å². The summed E-state index contributed by atoms with van der Waals surface area (Å²) >= 11 is 1.34. The molecule has 20 heavy (non-hydrogen) atoms. The molecule has 1 aliphatic rings. The van der Waals surface area contributed by atoms with Crippen LogP contribution in [0.15, 0.2) is 5.38 Å². The monoisotopic (exact) mass is 297 g/mol. The molecule has 110 valence electrons. The number of carboxylic acid groups (broad SMARTS) is 1. The zero-order valence-corrected chi connectivity index (χ0v) is 12.5. The molecule has 0 saturated carbocycles. The van der Waals surface area contributed by atoms with E-state index in [1.807, 2.05) is 19.2 Å². The first-order chi connectivity index (χ1) is 9.49. The van der Waals surface area contributed by atoms with Gasteiger partial charge in [0.15, 0.2) is 5.13 Å². The van der Waals surface area contributed by atoms with Gasteiger partial charge in [-0.25, -0.2) is 14.6 Å². The van der Waals surface area contributed by atoms with Crippen LogP contribution in [0.5, 0.6) is 0 Å². The number of carboxylic acids is 1. The molecule has 7 heteroatoms. The third-order valence-corrected chi connectivity index (χ3v) is 4.50. The topological polar surface area (TPSA) is 82.5 Å². The number of nitrogens with one attached hydrogen (secondary N) is 1. The van der Waals surface area contributed by atoms with E-state index in [9.17, 15) is 14.7 Å². The Labute approximate surface area is 121 Å². The fourth-order valence-corrected chi connectivity index (χ4v) is 3.43. The van der Waals surface area contributed by atoms with E-state index in [1.165, 1.54) is 16.2 Å². The zero-order valence-electron chi connectivity index (χ0n) is 11.7. The maximum atomic E-state index is 12.3. The predicted octanol–water partition coefficient (Wildman–Crippen LogP) is 2.70. The Morgan fingerprint density at radius 1 is 1.60 bits per heavy atom. The van der Waals surface area contributed by atoms with E-state index in [2.05, 4.69) is 10.3 Å². The first kappa shape index (κ1) is 14.8. The highest BCUT2D eigenvalue weighted by atomic mass is 32.1. The molecule has 2 amide bonds.